The van der Waals surface area contributed by atoms with Gasteiger partial charge in [0.15, 0.2) is 17.1 Å². The summed E-state index contributed by atoms with van der Waals surface area (Å²) in [6, 6.07) is 13.9. The Hall–Kier alpha value is -4.37. The van der Waals surface area contributed by atoms with Gasteiger partial charge in [0.05, 0.1) is 17.1 Å². The second kappa shape index (κ2) is 7.89. The lowest BCUT2D eigenvalue weighted by Gasteiger charge is -2.18. The van der Waals surface area contributed by atoms with Crippen molar-refractivity contribution in [2.24, 2.45) is 0 Å². The van der Waals surface area contributed by atoms with Crippen LogP contribution in [0, 0.1) is 0 Å². The SMILES string of the molecule is O=C(Nn1ccc2c(cnc3c(-c4ccc(Cl)cc4)cnn32)c1=O)c1ccc2c(c1)OCCO2. The Labute approximate surface area is 197 Å². The molecule has 0 spiro atoms. The smallest absolute Gasteiger partial charge is 0.280 e. The lowest BCUT2D eigenvalue weighted by atomic mass is 10.1. The van der Waals surface area contributed by atoms with Crippen LogP contribution in [0.5, 0.6) is 11.5 Å². The molecule has 0 saturated carbocycles. The Kier molecular flexibility index (Phi) is 4.70. The minimum absolute atomic E-state index is 0.309. The first-order valence-corrected chi connectivity index (χ1v) is 10.8. The third-order valence-electron chi connectivity index (χ3n) is 5.58. The number of hydrogen-bond donors (Lipinski definition) is 1. The topological polar surface area (TPSA) is 99.8 Å². The van der Waals surface area contributed by atoms with Crippen molar-refractivity contribution in [3.63, 3.8) is 0 Å². The minimum atomic E-state index is -0.462. The number of aromatic nitrogens is 4. The van der Waals surface area contributed by atoms with Gasteiger partial charge in [-0.3, -0.25) is 15.0 Å². The van der Waals surface area contributed by atoms with Crippen molar-refractivity contribution in [1.29, 1.82) is 0 Å². The maximum atomic E-state index is 13.1. The Morgan fingerprint density at radius 1 is 1.00 bits per heavy atom. The number of carbonyl (C=O) groups excluding carboxylic acids is 1. The molecule has 2 aromatic carbocycles. The number of carbonyl (C=O) groups is 1. The highest BCUT2D eigenvalue weighted by atomic mass is 35.5. The zero-order valence-electron chi connectivity index (χ0n) is 17.6. The maximum Gasteiger partial charge on any atom is 0.280 e. The second-order valence-corrected chi connectivity index (χ2v) is 8.08. The number of ether oxygens (including phenoxy) is 2. The number of benzene rings is 2. The van der Waals surface area contributed by atoms with Gasteiger partial charge in [-0.05, 0) is 42.0 Å². The van der Waals surface area contributed by atoms with E-state index in [2.05, 4.69) is 15.5 Å². The molecule has 4 heterocycles. The maximum absolute atomic E-state index is 13.1. The Balaban J connectivity index is 1.35. The van der Waals surface area contributed by atoms with Crippen molar-refractivity contribution in [2.45, 2.75) is 0 Å². The molecular weight excluding hydrogens is 458 g/mol. The van der Waals surface area contributed by atoms with Gasteiger partial charge in [-0.15, -0.1) is 0 Å². The molecule has 10 heteroatoms. The van der Waals surface area contributed by atoms with E-state index >= 15 is 0 Å². The van der Waals surface area contributed by atoms with Gasteiger partial charge in [0.2, 0.25) is 0 Å². The van der Waals surface area contributed by atoms with E-state index in [4.69, 9.17) is 21.1 Å². The number of nitrogens with one attached hydrogen (secondary N) is 1. The van der Waals surface area contributed by atoms with Crippen molar-refractivity contribution >= 4 is 34.1 Å². The Morgan fingerprint density at radius 3 is 2.62 bits per heavy atom. The molecule has 0 radical (unpaired) electrons. The van der Waals surface area contributed by atoms with Gasteiger partial charge >= 0.3 is 0 Å². The quantitative estimate of drug-likeness (QED) is 0.430. The van der Waals surface area contributed by atoms with Crippen molar-refractivity contribution in [2.75, 3.05) is 18.6 Å². The van der Waals surface area contributed by atoms with Gasteiger partial charge in [0.25, 0.3) is 11.5 Å². The van der Waals surface area contributed by atoms with Crippen LogP contribution in [0.25, 0.3) is 27.7 Å². The predicted octanol–water partition coefficient (Wildman–Crippen LogP) is 3.52. The summed E-state index contributed by atoms with van der Waals surface area (Å²) in [6.07, 6.45) is 4.67. The summed E-state index contributed by atoms with van der Waals surface area (Å²) in [5.41, 5.74) is 5.41. The van der Waals surface area contributed by atoms with E-state index in [1.54, 1.807) is 47.1 Å². The summed E-state index contributed by atoms with van der Waals surface area (Å²) in [6.45, 7) is 0.876. The first-order chi connectivity index (χ1) is 16.6. The van der Waals surface area contributed by atoms with Crippen LogP contribution in [0.2, 0.25) is 5.02 Å². The number of pyridine rings is 1. The highest BCUT2D eigenvalue weighted by Gasteiger charge is 2.17. The van der Waals surface area contributed by atoms with Crippen LogP contribution in [-0.4, -0.2) is 38.4 Å². The summed E-state index contributed by atoms with van der Waals surface area (Å²) in [5.74, 6) is 0.612. The van der Waals surface area contributed by atoms with Crippen LogP contribution < -0.4 is 20.5 Å². The van der Waals surface area contributed by atoms with Crippen molar-refractivity contribution in [3.05, 3.63) is 88.1 Å². The molecule has 168 valence electrons. The molecular formula is C24H16ClN5O4. The van der Waals surface area contributed by atoms with Crippen LogP contribution in [0.3, 0.4) is 0 Å². The molecule has 0 unspecified atom stereocenters. The molecule has 6 rings (SSSR count). The van der Waals surface area contributed by atoms with Crippen LogP contribution in [-0.2, 0) is 0 Å². The first kappa shape index (κ1) is 20.3. The highest BCUT2D eigenvalue weighted by Crippen LogP contribution is 2.31. The second-order valence-electron chi connectivity index (χ2n) is 7.65. The molecule has 1 N–H and O–H groups in total. The largest absolute Gasteiger partial charge is 0.486 e. The zero-order chi connectivity index (χ0) is 23.2. The molecule has 0 atom stereocenters. The molecule has 1 aliphatic rings. The van der Waals surface area contributed by atoms with E-state index in [0.717, 1.165) is 15.8 Å². The van der Waals surface area contributed by atoms with Gasteiger partial charge in [-0.1, -0.05) is 23.7 Å². The van der Waals surface area contributed by atoms with E-state index in [1.165, 1.54) is 12.4 Å². The lowest BCUT2D eigenvalue weighted by Crippen LogP contribution is -2.33. The monoisotopic (exact) mass is 473 g/mol. The van der Waals surface area contributed by atoms with Gasteiger partial charge in [-0.25, -0.2) is 14.2 Å². The molecule has 1 aliphatic heterocycles. The molecule has 3 aromatic heterocycles. The van der Waals surface area contributed by atoms with Crippen LogP contribution in [0.1, 0.15) is 10.4 Å². The summed E-state index contributed by atoms with van der Waals surface area (Å²) >= 11 is 5.99. The number of rotatable bonds is 3. The number of amides is 1. The number of fused-ring (bicyclic) bond motifs is 4. The minimum Gasteiger partial charge on any atom is -0.486 e. The molecule has 0 fully saturated rings. The predicted molar refractivity (Wildman–Crippen MR) is 126 cm³/mol. The summed E-state index contributed by atoms with van der Waals surface area (Å²) < 4.78 is 13.7. The average molecular weight is 474 g/mol. The molecule has 1 amide bonds. The van der Waals surface area contributed by atoms with Crippen molar-refractivity contribution in [1.82, 2.24) is 19.3 Å². The number of nitrogens with zero attached hydrogens (tertiary/aromatic N) is 4. The van der Waals surface area contributed by atoms with Gasteiger partial charge in [0, 0.05) is 28.5 Å². The van der Waals surface area contributed by atoms with Crippen LogP contribution in [0.4, 0.5) is 0 Å². The average Bonchev–Trinajstić information content (AvgIpc) is 3.30. The van der Waals surface area contributed by atoms with E-state index in [0.29, 0.717) is 51.8 Å². The standard InChI is InChI=1S/C24H16ClN5O4/c25-16-4-1-14(2-5-16)17-13-27-30-19-7-8-29(24(32)18(19)12-26-22(17)30)28-23(31)15-3-6-20-21(11-15)34-10-9-33-20/h1-8,11-13H,9-10H2,(H,28,31). The van der Waals surface area contributed by atoms with Crippen LogP contribution in [0.15, 0.2) is 71.9 Å². The fourth-order valence-electron chi connectivity index (χ4n) is 3.90. The Morgan fingerprint density at radius 2 is 1.79 bits per heavy atom. The molecule has 34 heavy (non-hydrogen) atoms. The normalized spacial score (nSPS) is 12.7. The van der Waals surface area contributed by atoms with Crippen molar-refractivity contribution < 1.29 is 14.3 Å². The third kappa shape index (κ3) is 3.34. The van der Waals surface area contributed by atoms with Gasteiger partial charge < -0.3 is 9.47 Å². The van der Waals surface area contributed by atoms with E-state index in [9.17, 15) is 9.59 Å². The lowest BCUT2D eigenvalue weighted by molar-refractivity contribution is 0.101. The zero-order valence-corrected chi connectivity index (χ0v) is 18.3. The summed E-state index contributed by atoms with van der Waals surface area (Å²) in [5, 5.41) is 5.37. The van der Waals surface area contributed by atoms with Crippen molar-refractivity contribution in [3.8, 4) is 22.6 Å². The molecule has 5 aromatic rings. The van der Waals surface area contributed by atoms with Crippen LogP contribution >= 0.6 is 11.6 Å². The molecule has 9 nitrogen and oxygen atoms in total. The fraction of sp³-hybridized carbons (Fsp3) is 0.0833. The Bertz CT molecular complexity index is 1640. The summed E-state index contributed by atoms with van der Waals surface area (Å²) in [4.78, 5) is 30.3. The first-order valence-electron chi connectivity index (χ1n) is 10.4. The molecule has 0 bridgehead atoms. The summed E-state index contributed by atoms with van der Waals surface area (Å²) in [7, 11) is 0. The number of hydrogen-bond acceptors (Lipinski definition) is 6. The third-order valence-corrected chi connectivity index (χ3v) is 5.83. The van der Waals surface area contributed by atoms with E-state index < -0.39 is 11.5 Å². The van der Waals surface area contributed by atoms with Gasteiger partial charge in [0.1, 0.15) is 13.2 Å². The molecule has 0 aliphatic carbocycles. The van der Waals surface area contributed by atoms with E-state index in [-0.39, 0.29) is 0 Å². The van der Waals surface area contributed by atoms with E-state index in [1.807, 2.05) is 12.1 Å². The molecule has 0 saturated heterocycles. The highest BCUT2D eigenvalue weighted by molar-refractivity contribution is 6.30. The number of halogens is 1. The van der Waals surface area contributed by atoms with Gasteiger partial charge in [-0.2, -0.15) is 5.10 Å². The fourth-order valence-corrected chi connectivity index (χ4v) is 4.02.